The van der Waals surface area contributed by atoms with E-state index in [1.807, 2.05) is 25.1 Å². The Bertz CT molecular complexity index is 720. The SMILES string of the molecule is CC1=NS(=O)(=O)N(Cc2cccc(C)c2)C=C1C(=O)O. The van der Waals surface area contributed by atoms with E-state index in [1.54, 1.807) is 6.07 Å². The summed E-state index contributed by atoms with van der Waals surface area (Å²) < 4.78 is 28.3. The fraction of sp³-hybridized carbons (Fsp3) is 0.231. The molecule has 0 fully saturated rings. The summed E-state index contributed by atoms with van der Waals surface area (Å²) in [5.74, 6) is -1.20. The molecule has 20 heavy (non-hydrogen) atoms. The number of hydrogen-bond acceptors (Lipinski definition) is 3. The smallest absolute Gasteiger partial charge is 0.344 e. The Labute approximate surface area is 117 Å². The van der Waals surface area contributed by atoms with Gasteiger partial charge in [-0.15, -0.1) is 4.40 Å². The third-order valence-corrected chi connectivity index (χ3v) is 4.19. The number of rotatable bonds is 3. The van der Waals surface area contributed by atoms with Crippen LogP contribution in [0, 0.1) is 6.92 Å². The lowest BCUT2D eigenvalue weighted by Crippen LogP contribution is -2.31. The summed E-state index contributed by atoms with van der Waals surface area (Å²) in [4.78, 5) is 11.1. The highest BCUT2D eigenvalue weighted by Gasteiger charge is 2.27. The van der Waals surface area contributed by atoms with Gasteiger partial charge in [0.2, 0.25) is 0 Å². The first-order chi connectivity index (χ1) is 9.29. The van der Waals surface area contributed by atoms with Crippen LogP contribution in [0.25, 0.3) is 0 Å². The minimum Gasteiger partial charge on any atom is -0.478 e. The third-order valence-electron chi connectivity index (χ3n) is 2.86. The second-order valence-electron chi connectivity index (χ2n) is 4.54. The van der Waals surface area contributed by atoms with Crippen molar-refractivity contribution in [3.05, 3.63) is 47.2 Å². The number of aryl methyl sites for hydroxylation is 1. The molecule has 0 saturated heterocycles. The molecule has 1 aromatic rings. The summed E-state index contributed by atoms with van der Waals surface area (Å²) in [6, 6.07) is 7.34. The van der Waals surface area contributed by atoms with E-state index in [0.29, 0.717) is 0 Å². The molecule has 0 aliphatic carbocycles. The fourth-order valence-electron chi connectivity index (χ4n) is 1.91. The van der Waals surface area contributed by atoms with Crippen LogP contribution >= 0.6 is 0 Å². The quantitative estimate of drug-likeness (QED) is 0.914. The van der Waals surface area contributed by atoms with Gasteiger partial charge < -0.3 is 5.11 Å². The van der Waals surface area contributed by atoms with Crippen LogP contribution in [0.3, 0.4) is 0 Å². The van der Waals surface area contributed by atoms with Crippen LogP contribution in [0.5, 0.6) is 0 Å². The summed E-state index contributed by atoms with van der Waals surface area (Å²) in [5, 5.41) is 9.04. The summed E-state index contributed by atoms with van der Waals surface area (Å²) in [6.07, 6.45) is 1.11. The first-order valence-corrected chi connectivity index (χ1v) is 7.28. The molecular weight excluding hydrogens is 280 g/mol. The summed E-state index contributed by atoms with van der Waals surface area (Å²) in [7, 11) is -3.87. The standard InChI is InChI=1S/C13H14N2O4S/c1-9-4-3-5-11(6-9)7-15-8-12(13(16)17)10(2)14-20(15,18)19/h3-6,8H,7H2,1-2H3,(H,16,17). The van der Waals surface area contributed by atoms with Crippen molar-refractivity contribution in [1.82, 2.24) is 4.31 Å². The van der Waals surface area contributed by atoms with E-state index < -0.39 is 16.2 Å². The highest BCUT2D eigenvalue weighted by Crippen LogP contribution is 2.19. The van der Waals surface area contributed by atoms with Crippen molar-refractivity contribution in [3.63, 3.8) is 0 Å². The predicted molar refractivity (Wildman–Crippen MR) is 74.5 cm³/mol. The zero-order valence-electron chi connectivity index (χ0n) is 11.1. The van der Waals surface area contributed by atoms with Crippen molar-refractivity contribution in [2.45, 2.75) is 20.4 Å². The van der Waals surface area contributed by atoms with Crippen molar-refractivity contribution in [1.29, 1.82) is 0 Å². The Kier molecular flexibility index (Phi) is 3.63. The lowest BCUT2D eigenvalue weighted by atomic mass is 10.1. The average Bonchev–Trinajstić information content (AvgIpc) is 2.31. The Hall–Kier alpha value is -2.15. The summed E-state index contributed by atoms with van der Waals surface area (Å²) in [6.45, 7) is 3.31. The molecule has 0 spiro atoms. The van der Waals surface area contributed by atoms with Crippen LogP contribution in [0.2, 0.25) is 0 Å². The molecule has 1 aliphatic heterocycles. The maximum absolute atomic E-state index is 12.0. The van der Waals surface area contributed by atoms with Gasteiger partial charge in [-0.1, -0.05) is 29.8 Å². The molecule has 1 heterocycles. The Morgan fingerprint density at radius 1 is 1.35 bits per heavy atom. The number of nitrogens with zero attached hydrogens (tertiary/aromatic N) is 2. The minimum atomic E-state index is -3.87. The zero-order chi connectivity index (χ0) is 14.9. The third kappa shape index (κ3) is 2.88. The number of benzene rings is 1. The van der Waals surface area contributed by atoms with E-state index in [0.717, 1.165) is 21.6 Å². The van der Waals surface area contributed by atoms with Crippen LogP contribution in [-0.4, -0.2) is 29.5 Å². The second kappa shape index (κ2) is 5.09. The van der Waals surface area contributed by atoms with E-state index in [9.17, 15) is 13.2 Å². The van der Waals surface area contributed by atoms with Crippen LogP contribution in [0.1, 0.15) is 18.1 Å². The number of carboxylic acid groups (broad SMARTS) is 1. The molecule has 1 N–H and O–H groups in total. The number of carbonyl (C=O) groups is 1. The lowest BCUT2D eigenvalue weighted by Gasteiger charge is -2.22. The fourth-order valence-corrected chi connectivity index (χ4v) is 3.01. The monoisotopic (exact) mass is 294 g/mol. The van der Waals surface area contributed by atoms with Gasteiger partial charge in [0.15, 0.2) is 0 Å². The second-order valence-corrected chi connectivity index (χ2v) is 6.08. The Balaban J connectivity index is 2.37. The minimum absolute atomic E-state index is 0.0157. The van der Waals surface area contributed by atoms with Crippen LogP contribution in [0.15, 0.2) is 40.4 Å². The molecule has 0 radical (unpaired) electrons. The largest absolute Gasteiger partial charge is 0.478 e. The van der Waals surface area contributed by atoms with Crippen LogP contribution in [-0.2, 0) is 21.5 Å². The van der Waals surface area contributed by atoms with Gasteiger partial charge >= 0.3 is 16.2 Å². The van der Waals surface area contributed by atoms with Gasteiger partial charge in [-0.05, 0) is 19.4 Å². The van der Waals surface area contributed by atoms with Crippen LogP contribution in [0.4, 0.5) is 0 Å². The number of carboxylic acids is 1. The molecule has 0 atom stereocenters. The molecule has 7 heteroatoms. The molecule has 0 bridgehead atoms. The molecule has 6 nitrogen and oxygen atoms in total. The molecular formula is C13H14N2O4S. The normalized spacial score (nSPS) is 17.4. The van der Waals surface area contributed by atoms with Crippen molar-refractivity contribution < 1.29 is 18.3 Å². The molecule has 106 valence electrons. The average molecular weight is 294 g/mol. The number of aliphatic carboxylic acids is 1. The summed E-state index contributed by atoms with van der Waals surface area (Å²) in [5.41, 5.74) is 1.63. The maximum Gasteiger partial charge on any atom is 0.344 e. The lowest BCUT2D eigenvalue weighted by molar-refractivity contribution is -0.132. The Morgan fingerprint density at radius 2 is 2.05 bits per heavy atom. The molecule has 2 rings (SSSR count). The molecule has 1 aromatic carbocycles. The molecule has 0 saturated carbocycles. The van der Waals surface area contributed by atoms with E-state index in [2.05, 4.69) is 4.40 Å². The van der Waals surface area contributed by atoms with Gasteiger partial charge in [0.25, 0.3) is 0 Å². The first-order valence-electron chi connectivity index (χ1n) is 5.89. The van der Waals surface area contributed by atoms with Gasteiger partial charge in [0, 0.05) is 6.20 Å². The van der Waals surface area contributed by atoms with Gasteiger partial charge in [0.05, 0.1) is 17.8 Å². The molecule has 0 unspecified atom stereocenters. The van der Waals surface area contributed by atoms with Crippen molar-refractivity contribution in [2.24, 2.45) is 4.40 Å². The number of hydrogen-bond donors (Lipinski definition) is 1. The molecule has 1 aliphatic rings. The maximum atomic E-state index is 12.0. The van der Waals surface area contributed by atoms with Crippen molar-refractivity contribution in [2.75, 3.05) is 0 Å². The topological polar surface area (TPSA) is 87.0 Å². The molecule has 0 amide bonds. The van der Waals surface area contributed by atoms with E-state index in [1.165, 1.54) is 6.92 Å². The predicted octanol–water partition coefficient (Wildman–Crippen LogP) is 1.48. The van der Waals surface area contributed by atoms with Gasteiger partial charge in [-0.2, -0.15) is 8.42 Å². The van der Waals surface area contributed by atoms with Gasteiger partial charge in [0.1, 0.15) is 0 Å². The van der Waals surface area contributed by atoms with E-state index in [4.69, 9.17) is 5.11 Å². The van der Waals surface area contributed by atoms with Crippen molar-refractivity contribution in [3.8, 4) is 0 Å². The molecule has 0 aromatic heterocycles. The van der Waals surface area contributed by atoms with Crippen molar-refractivity contribution >= 4 is 21.9 Å². The highest BCUT2D eigenvalue weighted by atomic mass is 32.2. The Morgan fingerprint density at radius 3 is 2.65 bits per heavy atom. The first kappa shape index (κ1) is 14.3. The van der Waals surface area contributed by atoms with Crippen LogP contribution < -0.4 is 0 Å². The van der Waals surface area contributed by atoms with E-state index in [-0.39, 0.29) is 17.8 Å². The zero-order valence-corrected chi connectivity index (χ0v) is 11.9. The highest BCUT2D eigenvalue weighted by molar-refractivity contribution is 7.88. The van der Waals surface area contributed by atoms with Gasteiger partial charge in [-0.3, -0.25) is 4.31 Å². The van der Waals surface area contributed by atoms with E-state index >= 15 is 0 Å². The summed E-state index contributed by atoms with van der Waals surface area (Å²) >= 11 is 0. The van der Waals surface area contributed by atoms with Gasteiger partial charge in [-0.25, -0.2) is 4.79 Å².